The van der Waals surface area contributed by atoms with Crippen LogP contribution < -0.4 is 5.32 Å². The van der Waals surface area contributed by atoms with Gasteiger partial charge in [0, 0.05) is 6.20 Å². The van der Waals surface area contributed by atoms with Gasteiger partial charge < -0.3 is 5.32 Å². The first-order valence-electron chi connectivity index (χ1n) is 6.99. The fourth-order valence-electron chi connectivity index (χ4n) is 2.32. The van der Waals surface area contributed by atoms with Gasteiger partial charge in [0.2, 0.25) is 5.91 Å². The number of halogens is 2. The molecule has 6 nitrogen and oxygen atoms in total. The molecule has 0 unspecified atom stereocenters. The molecule has 3 amide bonds. The molecule has 1 aromatic carbocycles. The average molecular weight is 364 g/mol. The van der Waals surface area contributed by atoms with Crippen LogP contribution in [-0.4, -0.2) is 34.2 Å². The topological polar surface area (TPSA) is 79.4 Å². The number of carbonyl (C=O) groups excluding carboxylic acids is 3. The van der Waals surface area contributed by atoms with Gasteiger partial charge in [-0.15, -0.1) is 0 Å². The Morgan fingerprint density at radius 1 is 1.08 bits per heavy atom. The minimum absolute atomic E-state index is 0.145. The lowest BCUT2D eigenvalue weighted by molar-refractivity contribution is -0.121. The number of imide groups is 1. The van der Waals surface area contributed by atoms with E-state index in [0.29, 0.717) is 5.69 Å². The SMILES string of the molecule is O=C(CN1C(=O)c2cc(Cl)c(Cl)cc2C1=O)NCc1ccccn1. The predicted octanol–water partition coefficient (Wildman–Crippen LogP) is 2.30. The third-order valence-electron chi connectivity index (χ3n) is 3.51. The molecule has 0 bridgehead atoms. The van der Waals surface area contributed by atoms with Crippen LogP contribution in [0.25, 0.3) is 0 Å². The van der Waals surface area contributed by atoms with Crippen molar-refractivity contribution in [3.63, 3.8) is 0 Å². The molecule has 2 heterocycles. The number of carbonyl (C=O) groups is 3. The number of rotatable bonds is 4. The first-order chi connectivity index (χ1) is 11.5. The van der Waals surface area contributed by atoms with Crippen molar-refractivity contribution in [2.75, 3.05) is 6.54 Å². The van der Waals surface area contributed by atoms with E-state index in [2.05, 4.69) is 10.3 Å². The molecule has 0 saturated carbocycles. The Hall–Kier alpha value is -2.44. The maximum Gasteiger partial charge on any atom is 0.262 e. The third kappa shape index (κ3) is 3.11. The summed E-state index contributed by atoms with van der Waals surface area (Å²) in [4.78, 5) is 41.5. The number of nitrogens with one attached hydrogen (secondary N) is 1. The van der Waals surface area contributed by atoms with Crippen LogP contribution in [0, 0.1) is 0 Å². The Morgan fingerprint density at radius 2 is 1.71 bits per heavy atom. The summed E-state index contributed by atoms with van der Waals surface area (Å²) in [7, 11) is 0. The summed E-state index contributed by atoms with van der Waals surface area (Å²) in [6.07, 6.45) is 1.61. The van der Waals surface area contributed by atoms with Crippen molar-refractivity contribution in [2.45, 2.75) is 6.54 Å². The van der Waals surface area contributed by atoms with Gasteiger partial charge in [-0.1, -0.05) is 29.3 Å². The summed E-state index contributed by atoms with van der Waals surface area (Å²) < 4.78 is 0. The van der Waals surface area contributed by atoms with Crippen LogP contribution in [0.15, 0.2) is 36.5 Å². The summed E-state index contributed by atoms with van der Waals surface area (Å²) in [5, 5.41) is 2.97. The number of benzene rings is 1. The van der Waals surface area contributed by atoms with Crippen molar-refractivity contribution in [1.29, 1.82) is 0 Å². The monoisotopic (exact) mass is 363 g/mol. The molecule has 1 aliphatic rings. The number of pyridine rings is 1. The highest BCUT2D eigenvalue weighted by molar-refractivity contribution is 6.43. The maximum absolute atomic E-state index is 12.3. The molecular formula is C16H11Cl2N3O3. The van der Waals surface area contributed by atoms with Crippen molar-refractivity contribution < 1.29 is 14.4 Å². The zero-order chi connectivity index (χ0) is 17.3. The average Bonchev–Trinajstić information content (AvgIpc) is 2.79. The smallest absolute Gasteiger partial charge is 0.262 e. The number of amides is 3. The molecule has 24 heavy (non-hydrogen) atoms. The fraction of sp³-hybridized carbons (Fsp3) is 0.125. The Balaban J connectivity index is 1.69. The van der Waals surface area contributed by atoms with Crippen molar-refractivity contribution in [3.8, 4) is 0 Å². The quantitative estimate of drug-likeness (QED) is 0.845. The number of aromatic nitrogens is 1. The maximum atomic E-state index is 12.3. The lowest BCUT2D eigenvalue weighted by Gasteiger charge is -2.13. The molecule has 122 valence electrons. The van der Waals surface area contributed by atoms with Crippen LogP contribution in [0.1, 0.15) is 26.4 Å². The largest absolute Gasteiger partial charge is 0.349 e. The molecule has 8 heteroatoms. The van der Waals surface area contributed by atoms with Gasteiger partial charge >= 0.3 is 0 Å². The van der Waals surface area contributed by atoms with E-state index < -0.39 is 17.7 Å². The lowest BCUT2D eigenvalue weighted by atomic mass is 10.1. The molecule has 0 atom stereocenters. The van der Waals surface area contributed by atoms with E-state index in [0.717, 1.165) is 4.90 Å². The Morgan fingerprint density at radius 3 is 2.25 bits per heavy atom. The van der Waals surface area contributed by atoms with Gasteiger partial charge in [-0.2, -0.15) is 0 Å². The van der Waals surface area contributed by atoms with Gasteiger partial charge in [-0.3, -0.25) is 24.3 Å². The number of hydrogen-bond acceptors (Lipinski definition) is 4. The van der Waals surface area contributed by atoms with Crippen LogP contribution in [0.4, 0.5) is 0 Å². The van der Waals surface area contributed by atoms with E-state index in [1.165, 1.54) is 12.1 Å². The molecule has 0 fully saturated rings. The van der Waals surface area contributed by atoms with E-state index in [1.807, 2.05) is 0 Å². The standard InChI is InChI=1S/C16H11Cl2N3O3/c17-12-5-10-11(6-13(12)18)16(24)21(15(10)23)8-14(22)20-7-9-3-1-2-4-19-9/h1-6H,7-8H2,(H,20,22). The lowest BCUT2D eigenvalue weighted by Crippen LogP contribution is -2.40. The summed E-state index contributed by atoms with van der Waals surface area (Å²) in [6.45, 7) is -0.172. The Bertz CT molecular complexity index is 799. The highest BCUT2D eigenvalue weighted by Gasteiger charge is 2.37. The molecule has 0 aliphatic carbocycles. The van der Waals surface area contributed by atoms with Gasteiger partial charge in [0.25, 0.3) is 11.8 Å². The number of hydrogen-bond donors (Lipinski definition) is 1. The highest BCUT2D eigenvalue weighted by atomic mass is 35.5. The normalized spacial score (nSPS) is 13.2. The van der Waals surface area contributed by atoms with Crippen molar-refractivity contribution >= 4 is 40.9 Å². The van der Waals surface area contributed by atoms with Gasteiger partial charge in [0.15, 0.2) is 0 Å². The summed E-state index contributed by atoms with van der Waals surface area (Å²) in [5.74, 6) is -1.60. The molecule has 1 aromatic heterocycles. The van der Waals surface area contributed by atoms with Gasteiger partial charge in [-0.05, 0) is 24.3 Å². The minimum Gasteiger partial charge on any atom is -0.349 e. The predicted molar refractivity (Wildman–Crippen MR) is 87.9 cm³/mol. The first kappa shape index (κ1) is 16.4. The molecule has 0 spiro atoms. The fourth-order valence-corrected chi connectivity index (χ4v) is 2.65. The second kappa shape index (κ2) is 6.59. The summed E-state index contributed by atoms with van der Waals surface area (Å²) >= 11 is 11.8. The molecule has 0 saturated heterocycles. The van der Waals surface area contributed by atoms with E-state index in [1.54, 1.807) is 24.4 Å². The second-order valence-corrected chi connectivity index (χ2v) is 5.92. The third-order valence-corrected chi connectivity index (χ3v) is 4.23. The molecular weight excluding hydrogens is 353 g/mol. The van der Waals surface area contributed by atoms with E-state index in [4.69, 9.17) is 23.2 Å². The van der Waals surface area contributed by atoms with E-state index in [-0.39, 0.29) is 34.3 Å². The second-order valence-electron chi connectivity index (χ2n) is 5.11. The van der Waals surface area contributed by atoms with Crippen LogP contribution >= 0.6 is 23.2 Å². The zero-order valence-corrected chi connectivity index (χ0v) is 13.8. The number of fused-ring (bicyclic) bond motifs is 1. The van der Waals surface area contributed by atoms with Gasteiger partial charge in [0.1, 0.15) is 6.54 Å². The molecule has 1 N–H and O–H groups in total. The van der Waals surface area contributed by atoms with Crippen molar-refractivity contribution in [2.24, 2.45) is 0 Å². The van der Waals surface area contributed by atoms with Crippen LogP contribution in [0.2, 0.25) is 10.0 Å². The zero-order valence-electron chi connectivity index (χ0n) is 12.3. The molecule has 0 radical (unpaired) electrons. The minimum atomic E-state index is -0.568. The van der Waals surface area contributed by atoms with E-state index >= 15 is 0 Å². The van der Waals surface area contributed by atoms with Gasteiger partial charge in [0.05, 0.1) is 33.4 Å². The molecule has 3 rings (SSSR count). The number of nitrogens with zero attached hydrogens (tertiary/aromatic N) is 2. The van der Waals surface area contributed by atoms with Crippen LogP contribution in [0.5, 0.6) is 0 Å². The summed E-state index contributed by atoms with van der Waals surface area (Å²) in [5.41, 5.74) is 0.964. The van der Waals surface area contributed by atoms with Gasteiger partial charge in [-0.25, -0.2) is 0 Å². The Labute approximate surface area is 147 Å². The summed E-state index contributed by atoms with van der Waals surface area (Å²) in [6, 6.07) is 8.00. The Kier molecular flexibility index (Phi) is 4.51. The van der Waals surface area contributed by atoms with Crippen LogP contribution in [-0.2, 0) is 11.3 Å². The molecule has 1 aliphatic heterocycles. The highest BCUT2D eigenvalue weighted by Crippen LogP contribution is 2.31. The van der Waals surface area contributed by atoms with Crippen molar-refractivity contribution in [1.82, 2.24) is 15.2 Å². The van der Waals surface area contributed by atoms with Crippen molar-refractivity contribution in [3.05, 3.63) is 63.4 Å². The first-order valence-corrected chi connectivity index (χ1v) is 7.75. The van der Waals surface area contributed by atoms with E-state index in [9.17, 15) is 14.4 Å². The van der Waals surface area contributed by atoms with Crippen LogP contribution in [0.3, 0.4) is 0 Å². The molecule has 2 aromatic rings.